The molecule has 2 N–H and O–H groups in total. The van der Waals surface area contributed by atoms with Crippen molar-refractivity contribution in [1.82, 2.24) is 0 Å². The molecule has 0 aliphatic heterocycles. The molecular formula is C28H47NO2. The Morgan fingerprint density at radius 2 is 1.45 bits per heavy atom. The molecule has 0 aliphatic rings. The Balaban J connectivity index is 1.97. The van der Waals surface area contributed by atoms with Crippen LogP contribution in [0.3, 0.4) is 0 Å². The summed E-state index contributed by atoms with van der Waals surface area (Å²) >= 11 is 0. The van der Waals surface area contributed by atoms with E-state index in [-0.39, 0.29) is 0 Å². The number of carboxylic acid groups (broad SMARTS) is 1. The Kier molecular flexibility index (Phi) is 16.7. The van der Waals surface area contributed by atoms with Crippen LogP contribution in [-0.4, -0.2) is 17.6 Å². The molecule has 0 amide bonds. The van der Waals surface area contributed by atoms with Gasteiger partial charge in [-0.3, -0.25) is 4.79 Å². The minimum absolute atomic E-state index is 0.410. The van der Waals surface area contributed by atoms with Crippen LogP contribution >= 0.6 is 0 Å². The lowest BCUT2D eigenvalue weighted by Crippen LogP contribution is -2.11. The maximum Gasteiger partial charge on any atom is 0.310 e. The van der Waals surface area contributed by atoms with E-state index < -0.39 is 11.9 Å². The van der Waals surface area contributed by atoms with Gasteiger partial charge in [0.2, 0.25) is 0 Å². The number of rotatable bonds is 20. The fraction of sp³-hybridized carbons (Fsp3) is 0.679. The number of benzene rings is 1. The number of unbranched alkanes of at least 4 members (excludes halogenated alkanes) is 12. The summed E-state index contributed by atoms with van der Waals surface area (Å²) in [4.78, 5) is 11.3. The quantitative estimate of drug-likeness (QED) is 0.161. The van der Waals surface area contributed by atoms with Crippen molar-refractivity contribution >= 4 is 11.7 Å². The summed E-state index contributed by atoms with van der Waals surface area (Å²) in [5.74, 6) is -1.15. The molecular weight excluding hydrogens is 382 g/mol. The summed E-state index contributed by atoms with van der Waals surface area (Å²) in [6, 6.07) is 7.88. The first-order valence-electron chi connectivity index (χ1n) is 12.9. The smallest absolute Gasteiger partial charge is 0.310 e. The summed E-state index contributed by atoms with van der Waals surface area (Å²) in [7, 11) is 0. The Morgan fingerprint density at radius 3 is 2.03 bits per heavy atom. The van der Waals surface area contributed by atoms with Gasteiger partial charge in [0, 0.05) is 12.2 Å². The van der Waals surface area contributed by atoms with Gasteiger partial charge in [-0.15, -0.1) is 0 Å². The van der Waals surface area contributed by atoms with Crippen LogP contribution in [0, 0.1) is 0 Å². The number of anilines is 1. The van der Waals surface area contributed by atoms with Gasteiger partial charge in [-0.1, -0.05) is 95.9 Å². The fourth-order valence-electron chi connectivity index (χ4n) is 4.02. The lowest BCUT2D eigenvalue weighted by atomic mass is 9.96. The van der Waals surface area contributed by atoms with Gasteiger partial charge in [0.05, 0.1) is 5.92 Å². The van der Waals surface area contributed by atoms with Crippen molar-refractivity contribution in [2.45, 2.75) is 116 Å². The number of carbonyl (C=O) groups is 1. The molecule has 1 rings (SSSR count). The predicted octanol–water partition coefficient (Wildman–Crippen LogP) is 8.71. The normalized spacial score (nSPS) is 12.3. The highest BCUT2D eigenvalue weighted by Gasteiger charge is 2.17. The number of nitrogens with one attached hydrogen (secondary N) is 1. The molecule has 0 spiro atoms. The van der Waals surface area contributed by atoms with Crippen molar-refractivity contribution in [3.63, 3.8) is 0 Å². The first-order chi connectivity index (χ1) is 15.2. The first-order valence-corrected chi connectivity index (χ1v) is 12.9. The van der Waals surface area contributed by atoms with E-state index in [4.69, 9.17) is 0 Å². The molecule has 1 aromatic carbocycles. The van der Waals surface area contributed by atoms with Crippen molar-refractivity contribution in [3.05, 3.63) is 42.0 Å². The highest BCUT2D eigenvalue weighted by molar-refractivity contribution is 5.76. The van der Waals surface area contributed by atoms with Crippen molar-refractivity contribution < 1.29 is 9.90 Å². The summed E-state index contributed by atoms with van der Waals surface area (Å²) in [5.41, 5.74) is 1.92. The second kappa shape index (κ2) is 19.0. The van der Waals surface area contributed by atoms with E-state index in [1.807, 2.05) is 31.2 Å². The summed E-state index contributed by atoms with van der Waals surface area (Å²) < 4.78 is 0. The maximum absolute atomic E-state index is 11.3. The number of carboxylic acids is 1. The van der Waals surface area contributed by atoms with Gasteiger partial charge < -0.3 is 10.4 Å². The third kappa shape index (κ3) is 14.0. The monoisotopic (exact) mass is 429 g/mol. The molecule has 0 radical (unpaired) electrons. The minimum atomic E-state index is -0.743. The largest absolute Gasteiger partial charge is 0.481 e. The first kappa shape index (κ1) is 27.3. The highest BCUT2D eigenvalue weighted by atomic mass is 16.4. The lowest BCUT2D eigenvalue weighted by molar-refractivity contribution is -0.138. The number of hydrogen-bond donors (Lipinski definition) is 2. The average Bonchev–Trinajstić information content (AvgIpc) is 2.76. The summed E-state index contributed by atoms with van der Waals surface area (Å²) in [5, 5.41) is 12.8. The SMILES string of the molecule is CCCCCCCCC=CCCCCCCCCNc1cccc(C(CC)C(=O)O)c1. The van der Waals surface area contributed by atoms with Gasteiger partial charge in [-0.25, -0.2) is 0 Å². The molecule has 1 atom stereocenters. The summed E-state index contributed by atoms with van der Waals surface area (Å²) in [6.07, 6.45) is 23.9. The van der Waals surface area contributed by atoms with Crippen molar-refractivity contribution in [2.75, 3.05) is 11.9 Å². The third-order valence-electron chi connectivity index (χ3n) is 6.01. The van der Waals surface area contributed by atoms with Crippen molar-refractivity contribution in [2.24, 2.45) is 0 Å². The van der Waals surface area contributed by atoms with Gasteiger partial charge in [-0.05, 0) is 56.2 Å². The molecule has 0 saturated carbocycles. The molecule has 0 fully saturated rings. The Labute approximate surface area is 191 Å². The Bertz CT molecular complexity index is 596. The standard InChI is InChI=1S/C28H47NO2/c1-3-5-6-7-8-9-10-11-12-13-14-15-16-17-18-19-23-29-26-22-20-21-25(24-26)27(4-2)28(30)31/h11-12,20-22,24,27,29H,3-10,13-19,23H2,1-2H3,(H,30,31). The minimum Gasteiger partial charge on any atom is -0.481 e. The van der Waals surface area contributed by atoms with Gasteiger partial charge in [0.15, 0.2) is 0 Å². The second-order valence-electron chi connectivity index (χ2n) is 8.79. The Hall–Kier alpha value is -1.77. The van der Waals surface area contributed by atoms with Crippen LogP contribution in [0.25, 0.3) is 0 Å². The van der Waals surface area contributed by atoms with Crippen molar-refractivity contribution in [1.29, 1.82) is 0 Å². The van der Waals surface area contributed by atoms with E-state index >= 15 is 0 Å². The van der Waals surface area contributed by atoms with E-state index in [1.54, 1.807) is 0 Å². The van der Waals surface area contributed by atoms with E-state index in [0.29, 0.717) is 6.42 Å². The molecule has 31 heavy (non-hydrogen) atoms. The van der Waals surface area contributed by atoms with Gasteiger partial charge in [-0.2, -0.15) is 0 Å². The number of aliphatic carboxylic acids is 1. The zero-order chi connectivity index (χ0) is 22.6. The zero-order valence-electron chi connectivity index (χ0n) is 20.2. The molecule has 1 unspecified atom stereocenters. The molecule has 0 heterocycles. The van der Waals surface area contributed by atoms with E-state index in [1.165, 1.54) is 89.9 Å². The van der Waals surface area contributed by atoms with Gasteiger partial charge in [0.1, 0.15) is 0 Å². The Morgan fingerprint density at radius 1 is 0.871 bits per heavy atom. The third-order valence-corrected chi connectivity index (χ3v) is 6.01. The van der Waals surface area contributed by atoms with Crippen LogP contribution in [-0.2, 0) is 4.79 Å². The molecule has 3 heteroatoms. The van der Waals surface area contributed by atoms with E-state index in [0.717, 1.165) is 17.8 Å². The van der Waals surface area contributed by atoms with Crippen LogP contribution in [0.5, 0.6) is 0 Å². The topological polar surface area (TPSA) is 49.3 Å². The lowest BCUT2D eigenvalue weighted by Gasteiger charge is -2.13. The number of hydrogen-bond acceptors (Lipinski definition) is 2. The highest BCUT2D eigenvalue weighted by Crippen LogP contribution is 2.23. The van der Waals surface area contributed by atoms with Crippen molar-refractivity contribution in [3.8, 4) is 0 Å². The molecule has 0 aliphatic carbocycles. The second-order valence-corrected chi connectivity index (χ2v) is 8.79. The van der Waals surface area contributed by atoms with Crippen LogP contribution in [0.4, 0.5) is 5.69 Å². The molecule has 1 aromatic rings. The molecule has 0 bridgehead atoms. The van der Waals surface area contributed by atoms with E-state index in [2.05, 4.69) is 24.4 Å². The van der Waals surface area contributed by atoms with Crippen LogP contribution in [0.15, 0.2) is 36.4 Å². The predicted molar refractivity (Wildman–Crippen MR) is 135 cm³/mol. The fourth-order valence-corrected chi connectivity index (χ4v) is 4.02. The maximum atomic E-state index is 11.3. The zero-order valence-corrected chi connectivity index (χ0v) is 20.2. The molecule has 0 saturated heterocycles. The average molecular weight is 430 g/mol. The summed E-state index contributed by atoms with van der Waals surface area (Å²) in [6.45, 7) is 5.15. The van der Waals surface area contributed by atoms with E-state index in [9.17, 15) is 9.90 Å². The van der Waals surface area contributed by atoms with Crippen LogP contribution < -0.4 is 5.32 Å². The van der Waals surface area contributed by atoms with Gasteiger partial charge in [0.25, 0.3) is 0 Å². The number of allylic oxidation sites excluding steroid dienone is 2. The molecule has 0 aromatic heterocycles. The molecule has 3 nitrogen and oxygen atoms in total. The van der Waals surface area contributed by atoms with Gasteiger partial charge >= 0.3 is 5.97 Å². The van der Waals surface area contributed by atoms with Crippen LogP contribution in [0.2, 0.25) is 0 Å². The molecule has 176 valence electrons. The van der Waals surface area contributed by atoms with Crippen LogP contribution in [0.1, 0.15) is 122 Å².